The van der Waals surface area contributed by atoms with Gasteiger partial charge in [0.25, 0.3) is 5.91 Å². The Labute approximate surface area is 138 Å². The quantitative estimate of drug-likeness (QED) is 0.908. The van der Waals surface area contributed by atoms with Crippen molar-refractivity contribution in [2.24, 2.45) is 5.92 Å². The van der Waals surface area contributed by atoms with E-state index in [-0.39, 0.29) is 18.1 Å². The van der Waals surface area contributed by atoms with Gasteiger partial charge in [-0.2, -0.15) is 0 Å². The molecule has 0 aromatic carbocycles. The number of amides is 1. The van der Waals surface area contributed by atoms with Crippen LogP contribution in [0.1, 0.15) is 35.4 Å². The molecule has 4 rings (SSSR count). The standard InChI is InChI=1S/C16H21N3O3S/c1-10-14(19-5-7-23-16(19)17-10)15(20)18-12-4-6-21-9-13(12)22-8-11-2-3-11/h5,7,11-13H,2-4,6,8-9H2,1H3,(H,18,20)/t12-,13-/m1/s1. The second kappa shape index (κ2) is 6.22. The second-order valence-electron chi connectivity index (χ2n) is 6.36. The maximum absolute atomic E-state index is 12.7. The number of fused-ring (bicyclic) bond motifs is 1. The lowest BCUT2D eigenvalue weighted by molar-refractivity contribution is -0.0697. The van der Waals surface area contributed by atoms with Crippen molar-refractivity contribution in [3.05, 3.63) is 23.0 Å². The third-order valence-electron chi connectivity index (χ3n) is 4.52. The van der Waals surface area contributed by atoms with Gasteiger partial charge in [-0.15, -0.1) is 11.3 Å². The van der Waals surface area contributed by atoms with E-state index in [2.05, 4.69) is 10.3 Å². The molecule has 1 amide bonds. The number of ether oxygens (including phenoxy) is 2. The first-order valence-electron chi connectivity index (χ1n) is 8.14. The van der Waals surface area contributed by atoms with Crippen LogP contribution in [0.25, 0.3) is 4.96 Å². The van der Waals surface area contributed by atoms with Crippen molar-refractivity contribution in [3.8, 4) is 0 Å². The molecule has 1 aliphatic carbocycles. The maximum atomic E-state index is 12.7. The molecule has 0 radical (unpaired) electrons. The zero-order chi connectivity index (χ0) is 15.8. The van der Waals surface area contributed by atoms with Crippen molar-refractivity contribution < 1.29 is 14.3 Å². The van der Waals surface area contributed by atoms with Gasteiger partial charge in [0.15, 0.2) is 4.96 Å². The van der Waals surface area contributed by atoms with E-state index in [1.54, 1.807) is 0 Å². The van der Waals surface area contributed by atoms with E-state index in [1.807, 2.05) is 22.9 Å². The Morgan fingerprint density at radius 3 is 3.22 bits per heavy atom. The summed E-state index contributed by atoms with van der Waals surface area (Å²) < 4.78 is 13.4. The maximum Gasteiger partial charge on any atom is 0.270 e. The summed E-state index contributed by atoms with van der Waals surface area (Å²) in [6.45, 7) is 3.87. The molecular formula is C16H21N3O3S. The number of carbonyl (C=O) groups excluding carboxylic acids is 1. The summed E-state index contributed by atoms with van der Waals surface area (Å²) in [5.74, 6) is 0.621. The van der Waals surface area contributed by atoms with Crippen molar-refractivity contribution in [1.29, 1.82) is 0 Å². The van der Waals surface area contributed by atoms with Crippen LogP contribution in [0.3, 0.4) is 0 Å². The highest BCUT2D eigenvalue weighted by Gasteiger charge is 2.31. The number of aromatic nitrogens is 2. The lowest BCUT2D eigenvalue weighted by atomic mass is 10.1. The van der Waals surface area contributed by atoms with Crippen molar-refractivity contribution in [3.63, 3.8) is 0 Å². The summed E-state index contributed by atoms with van der Waals surface area (Å²) in [5, 5.41) is 5.08. The predicted molar refractivity (Wildman–Crippen MR) is 87.0 cm³/mol. The summed E-state index contributed by atoms with van der Waals surface area (Å²) >= 11 is 1.53. The first-order valence-corrected chi connectivity index (χ1v) is 9.02. The van der Waals surface area contributed by atoms with Gasteiger partial charge in [0.1, 0.15) is 11.8 Å². The topological polar surface area (TPSA) is 64.9 Å². The molecular weight excluding hydrogens is 314 g/mol. The van der Waals surface area contributed by atoms with Gasteiger partial charge >= 0.3 is 0 Å². The number of imidazole rings is 1. The number of thiazole rings is 1. The molecule has 2 aromatic rings. The van der Waals surface area contributed by atoms with E-state index >= 15 is 0 Å². The van der Waals surface area contributed by atoms with Crippen LogP contribution < -0.4 is 5.32 Å². The van der Waals surface area contributed by atoms with Gasteiger partial charge in [-0.1, -0.05) is 0 Å². The number of nitrogens with zero attached hydrogens (tertiary/aromatic N) is 2. The Bertz CT molecular complexity index is 707. The molecule has 3 heterocycles. The fourth-order valence-electron chi connectivity index (χ4n) is 2.99. The Balaban J connectivity index is 1.47. The molecule has 2 aliphatic rings. The molecule has 0 spiro atoms. The highest BCUT2D eigenvalue weighted by atomic mass is 32.1. The normalized spacial score (nSPS) is 24.9. The first-order chi connectivity index (χ1) is 11.2. The third-order valence-corrected chi connectivity index (χ3v) is 5.27. The molecule has 23 heavy (non-hydrogen) atoms. The summed E-state index contributed by atoms with van der Waals surface area (Å²) in [5.41, 5.74) is 1.38. The van der Waals surface area contributed by atoms with E-state index in [9.17, 15) is 4.79 Å². The van der Waals surface area contributed by atoms with E-state index in [1.165, 1.54) is 24.2 Å². The van der Waals surface area contributed by atoms with Gasteiger partial charge in [-0.25, -0.2) is 4.98 Å². The number of carbonyl (C=O) groups is 1. The number of nitrogens with one attached hydrogen (secondary N) is 1. The van der Waals surface area contributed by atoms with Crippen LogP contribution in [0.2, 0.25) is 0 Å². The van der Waals surface area contributed by atoms with E-state index < -0.39 is 0 Å². The number of aryl methyl sites for hydroxylation is 1. The van der Waals surface area contributed by atoms with E-state index in [0.717, 1.165) is 23.7 Å². The van der Waals surface area contributed by atoms with Gasteiger partial charge in [-0.3, -0.25) is 9.20 Å². The Morgan fingerprint density at radius 2 is 2.39 bits per heavy atom. The minimum atomic E-state index is -0.0830. The SMILES string of the molecule is Cc1nc2sccn2c1C(=O)N[C@@H]1CCOC[C@H]1OCC1CC1. The molecule has 6 nitrogen and oxygen atoms in total. The lowest BCUT2D eigenvalue weighted by Gasteiger charge is -2.32. The number of hydrogen-bond donors (Lipinski definition) is 1. The number of rotatable bonds is 5. The lowest BCUT2D eigenvalue weighted by Crippen LogP contribution is -2.50. The molecule has 2 atom stereocenters. The Morgan fingerprint density at radius 1 is 1.52 bits per heavy atom. The average molecular weight is 335 g/mol. The van der Waals surface area contributed by atoms with Gasteiger partial charge in [0.2, 0.25) is 0 Å². The fourth-order valence-corrected chi connectivity index (χ4v) is 3.75. The molecule has 1 aliphatic heterocycles. The van der Waals surface area contributed by atoms with Gasteiger partial charge in [-0.05, 0) is 32.1 Å². The minimum Gasteiger partial charge on any atom is -0.379 e. The van der Waals surface area contributed by atoms with Gasteiger partial charge < -0.3 is 14.8 Å². The molecule has 2 fully saturated rings. The summed E-state index contributed by atoms with van der Waals surface area (Å²) in [7, 11) is 0. The van der Waals surface area contributed by atoms with Crippen LogP contribution in [0.4, 0.5) is 0 Å². The molecule has 1 saturated heterocycles. The van der Waals surface area contributed by atoms with Crippen LogP contribution >= 0.6 is 11.3 Å². The summed E-state index contributed by atoms with van der Waals surface area (Å²) in [6, 6.07) is -0.00131. The van der Waals surface area contributed by atoms with Gasteiger partial charge in [0.05, 0.1) is 18.3 Å². The zero-order valence-corrected chi connectivity index (χ0v) is 14.0. The zero-order valence-electron chi connectivity index (χ0n) is 13.2. The highest BCUT2D eigenvalue weighted by molar-refractivity contribution is 7.15. The third kappa shape index (κ3) is 3.13. The van der Waals surface area contributed by atoms with Crippen LogP contribution in [-0.4, -0.2) is 47.3 Å². The van der Waals surface area contributed by atoms with Crippen molar-refractivity contribution in [1.82, 2.24) is 14.7 Å². The largest absolute Gasteiger partial charge is 0.379 e. The fraction of sp³-hybridized carbons (Fsp3) is 0.625. The average Bonchev–Trinajstić information content (AvgIpc) is 3.17. The highest BCUT2D eigenvalue weighted by Crippen LogP contribution is 2.30. The summed E-state index contributed by atoms with van der Waals surface area (Å²) in [4.78, 5) is 18.0. The van der Waals surface area contributed by atoms with Crippen LogP contribution in [-0.2, 0) is 9.47 Å². The Hall–Kier alpha value is -1.44. The molecule has 0 unspecified atom stereocenters. The van der Waals surface area contributed by atoms with Crippen molar-refractivity contribution >= 4 is 22.2 Å². The van der Waals surface area contributed by atoms with Crippen molar-refractivity contribution in [2.45, 2.75) is 38.3 Å². The van der Waals surface area contributed by atoms with Gasteiger partial charge in [0, 0.05) is 24.8 Å². The molecule has 7 heteroatoms. The molecule has 1 saturated carbocycles. The number of hydrogen-bond acceptors (Lipinski definition) is 5. The van der Waals surface area contributed by atoms with Crippen molar-refractivity contribution in [2.75, 3.05) is 19.8 Å². The predicted octanol–water partition coefficient (Wildman–Crippen LogP) is 2.02. The molecule has 1 N–H and O–H groups in total. The first kappa shape index (κ1) is 15.1. The van der Waals surface area contributed by atoms with Crippen LogP contribution in [0.5, 0.6) is 0 Å². The smallest absolute Gasteiger partial charge is 0.270 e. The van der Waals surface area contributed by atoms with E-state index in [0.29, 0.717) is 24.8 Å². The second-order valence-corrected chi connectivity index (χ2v) is 7.23. The molecule has 2 aromatic heterocycles. The Kier molecular flexibility index (Phi) is 4.09. The van der Waals surface area contributed by atoms with Crippen LogP contribution in [0, 0.1) is 12.8 Å². The minimum absolute atomic E-state index is 0.00131. The van der Waals surface area contributed by atoms with Crippen LogP contribution in [0.15, 0.2) is 11.6 Å². The summed E-state index contributed by atoms with van der Waals surface area (Å²) in [6.07, 6.45) is 5.14. The monoisotopic (exact) mass is 335 g/mol. The molecule has 124 valence electrons. The molecule has 0 bridgehead atoms. The van der Waals surface area contributed by atoms with E-state index in [4.69, 9.17) is 9.47 Å².